The number of carbonyl (C=O) groups is 1. The average Bonchev–Trinajstić information content (AvgIpc) is 3.03. The number of ether oxygens (including phenoxy) is 1. The van der Waals surface area contributed by atoms with Gasteiger partial charge in [-0.2, -0.15) is 0 Å². The molecule has 2 aliphatic rings. The van der Waals surface area contributed by atoms with Crippen LogP contribution in [0.5, 0.6) is 5.75 Å². The number of para-hydroxylation sites is 2. The summed E-state index contributed by atoms with van der Waals surface area (Å²) in [6, 6.07) is 30.3. The molecule has 0 radical (unpaired) electrons. The summed E-state index contributed by atoms with van der Waals surface area (Å²) < 4.78 is 6.91. The summed E-state index contributed by atoms with van der Waals surface area (Å²) >= 11 is 0. The second-order valence-electron chi connectivity index (χ2n) is 9.47. The maximum atomic E-state index is 13.2. The molecule has 0 saturated carbocycles. The minimum atomic E-state index is -0.833. The Morgan fingerprint density at radius 1 is 0.882 bits per heavy atom. The third kappa shape index (κ3) is 2.95. The summed E-state index contributed by atoms with van der Waals surface area (Å²) in [5, 5.41) is 5.37. The van der Waals surface area contributed by atoms with Crippen LogP contribution in [0.4, 0.5) is 11.4 Å². The summed E-state index contributed by atoms with van der Waals surface area (Å²) in [7, 11) is 0. The second-order valence-corrected chi connectivity index (χ2v) is 9.47. The molecule has 4 heteroatoms. The Hall–Kier alpha value is -4.05. The Labute approximate surface area is 199 Å². The first-order valence-electron chi connectivity index (χ1n) is 11.6. The van der Waals surface area contributed by atoms with Crippen molar-refractivity contribution in [2.45, 2.75) is 25.0 Å². The van der Waals surface area contributed by atoms with Gasteiger partial charge in [-0.3, -0.25) is 4.79 Å². The molecule has 1 amide bonds. The van der Waals surface area contributed by atoms with Gasteiger partial charge in [0.2, 0.25) is 11.6 Å². The first-order chi connectivity index (χ1) is 16.5. The molecule has 2 heterocycles. The number of hydrogen-bond acceptors (Lipinski definition) is 3. The van der Waals surface area contributed by atoms with Gasteiger partial charge in [0.25, 0.3) is 0 Å². The van der Waals surface area contributed by atoms with Gasteiger partial charge in [-0.1, -0.05) is 66.7 Å². The predicted molar refractivity (Wildman–Crippen MR) is 138 cm³/mol. The molecular formula is C30H26N2O2. The average molecular weight is 447 g/mol. The van der Waals surface area contributed by atoms with Crippen molar-refractivity contribution in [3.05, 3.63) is 108 Å². The lowest BCUT2D eigenvalue weighted by molar-refractivity contribution is -0.115. The van der Waals surface area contributed by atoms with E-state index < -0.39 is 11.1 Å². The van der Waals surface area contributed by atoms with Gasteiger partial charge >= 0.3 is 0 Å². The molecule has 0 aliphatic carbocycles. The minimum absolute atomic E-state index is 0.0839. The van der Waals surface area contributed by atoms with Crippen LogP contribution < -0.4 is 15.0 Å². The van der Waals surface area contributed by atoms with E-state index in [1.165, 1.54) is 5.39 Å². The molecule has 0 aromatic heterocycles. The fourth-order valence-electron chi connectivity index (χ4n) is 5.43. The van der Waals surface area contributed by atoms with E-state index in [4.69, 9.17) is 4.74 Å². The number of carbonyl (C=O) groups excluding carboxylic acids is 1. The van der Waals surface area contributed by atoms with Gasteiger partial charge in [0.15, 0.2) is 0 Å². The zero-order valence-electron chi connectivity index (χ0n) is 19.3. The summed E-state index contributed by atoms with van der Waals surface area (Å²) in [4.78, 5) is 15.3. The Morgan fingerprint density at radius 3 is 2.47 bits per heavy atom. The van der Waals surface area contributed by atoms with Crippen LogP contribution in [0.1, 0.15) is 25.0 Å². The SMILES string of the molecule is CC1(C)c2ccccc2N(CC(=O)Nc2ccccc2)C12C=Cc1c(ccc3ccccc13)O2. The fourth-order valence-corrected chi connectivity index (χ4v) is 5.43. The normalized spacial score (nSPS) is 19.5. The molecule has 168 valence electrons. The molecule has 1 atom stereocenters. The Kier molecular flexibility index (Phi) is 4.53. The van der Waals surface area contributed by atoms with Crippen LogP contribution in [0, 0.1) is 0 Å². The van der Waals surface area contributed by atoms with Crippen LogP contribution in [-0.2, 0) is 10.2 Å². The Balaban J connectivity index is 1.44. The molecule has 6 rings (SSSR count). The smallest absolute Gasteiger partial charge is 0.244 e. The second kappa shape index (κ2) is 7.49. The fraction of sp³-hybridized carbons (Fsp3) is 0.167. The lowest BCUT2D eigenvalue weighted by atomic mass is 9.76. The van der Waals surface area contributed by atoms with Crippen molar-refractivity contribution in [3.8, 4) is 5.75 Å². The van der Waals surface area contributed by atoms with E-state index in [1.807, 2.05) is 48.5 Å². The number of benzene rings is 4. The van der Waals surface area contributed by atoms with Crippen molar-refractivity contribution < 1.29 is 9.53 Å². The van der Waals surface area contributed by atoms with Crippen molar-refractivity contribution in [2.75, 3.05) is 16.8 Å². The summed E-state index contributed by atoms with van der Waals surface area (Å²) in [6.45, 7) is 4.55. The number of fused-ring (bicyclic) bond motifs is 4. The summed E-state index contributed by atoms with van der Waals surface area (Å²) in [5.74, 6) is 0.745. The van der Waals surface area contributed by atoms with Crippen LogP contribution in [0.2, 0.25) is 0 Å². The molecule has 1 N–H and O–H groups in total. The standard InChI is InChI=1S/C30H26N2O2/c1-29(2)25-14-8-9-15-26(25)32(20-28(33)31-22-11-4-3-5-12-22)30(29)19-18-24-23-13-7-6-10-21(23)16-17-27(24)34-30/h3-19H,20H2,1-2H3,(H,31,33). The quantitative estimate of drug-likeness (QED) is 0.397. The highest BCUT2D eigenvalue weighted by Gasteiger charge is 2.59. The van der Waals surface area contributed by atoms with Gasteiger partial charge in [0.1, 0.15) is 12.3 Å². The van der Waals surface area contributed by atoms with E-state index in [2.05, 4.69) is 78.7 Å². The molecular weight excluding hydrogens is 420 g/mol. The van der Waals surface area contributed by atoms with Gasteiger partial charge < -0.3 is 15.0 Å². The van der Waals surface area contributed by atoms with E-state index in [9.17, 15) is 4.79 Å². The van der Waals surface area contributed by atoms with Crippen LogP contribution in [0.15, 0.2) is 97.1 Å². The van der Waals surface area contributed by atoms with Crippen LogP contribution in [-0.4, -0.2) is 18.2 Å². The topological polar surface area (TPSA) is 41.6 Å². The summed E-state index contributed by atoms with van der Waals surface area (Å²) in [6.07, 6.45) is 4.30. The van der Waals surface area contributed by atoms with Gasteiger partial charge in [0.05, 0.1) is 5.41 Å². The molecule has 0 bridgehead atoms. The van der Waals surface area contributed by atoms with Crippen molar-refractivity contribution in [1.29, 1.82) is 0 Å². The molecule has 4 aromatic rings. The van der Waals surface area contributed by atoms with E-state index in [0.717, 1.165) is 33.6 Å². The van der Waals surface area contributed by atoms with Crippen LogP contribution in [0.25, 0.3) is 16.8 Å². The number of rotatable bonds is 3. The van der Waals surface area contributed by atoms with E-state index in [-0.39, 0.29) is 12.5 Å². The van der Waals surface area contributed by atoms with Crippen molar-refractivity contribution in [1.82, 2.24) is 0 Å². The highest BCUT2D eigenvalue weighted by Crippen LogP contribution is 2.55. The monoisotopic (exact) mass is 446 g/mol. The van der Waals surface area contributed by atoms with Crippen LogP contribution >= 0.6 is 0 Å². The zero-order valence-corrected chi connectivity index (χ0v) is 19.3. The maximum absolute atomic E-state index is 13.2. The van der Waals surface area contributed by atoms with Crippen molar-refractivity contribution in [3.63, 3.8) is 0 Å². The highest BCUT2D eigenvalue weighted by molar-refractivity contribution is 5.96. The molecule has 0 saturated heterocycles. The zero-order chi connectivity index (χ0) is 23.3. The maximum Gasteiger partial charge on any atom is 0.244 e. The number of nitrogens with one attached hydrogen (secondary N) is 1. The number of hydrogen-bond donors (Lipinski definition) is 1. The molecule has 34 heavy (non-hydrogen) atoms. The first kappa shape index (κ1) is 20.5. The van der Waals surface area contributed by atoms with E-state index >= 15 is 0 Å². The molecule has 4 aromatic carbocycles. The Bertz CT molecular complexity index is 1440. The van der Waals surface area contributed by atoms with Gasteiger partial charge in [0, 0.05) is 16.9 Å². The van der Waals surface area contributed by atoms with Crippen molar-refractivity contribution >= 4 is 34.1 Å². The Morgan fingerprint density at radius 2 is 1.62 bits per heavy atom. The third-order valence-electron chi connectivity index (χ3n) is 7.20. The molecule has 0 fully saturated rings. The lowest BCUT2D eigenvalue weighted by Gasteiger charge is -2.47. The van der Waals surface area contributed by atoms with E-state index in [0.29, 0.717) is 0 Å². The molecule has 2 aliphatic heterocycles. The third-order valence-corrected chi connectivity index (χ3v) is 7.20. The number of nitrogens with zero attached hydrogens (tertiary/aromatic N) is 1. The van der Waals surface area contributed by atoms with Gasteiger partial charge in [-0.05, 0) is 66.6 Å². The summed E-state index contributed by atoms with van der Waals surface area (Å²) in [5.41, 5.74) is 2.81. The minimum Gasteiger partial charge on any atom is -0.463 e. The highest BCUT2D eigenvalue weighted by atomic mass is 16.5. The van der Waals surface area contributed by atoms with Gasteiger partial charge in [-0.15, -0.1) is 0 Å². The van der Waals surface area contributed by atoms with Gasteiger partial charge in [-0.25, -0.2) is 0 Å². The first-order valence-corrected chi connectivity index (χ1v) is 11.6. The number of anilines is 2. The molecule has 1 spiro atoms. The molecule has 1 unspecified atom stereocenters. The van der Waals surface area contributed by atoms with E-state index in [1.54, 1.807) is 0 Å². The predicted octanol–water partition coefficient (Wildman–Crippen LogP) is 6.38. The largest absolute Gasteiger partial charge is 0.463 e. The van der Waals surface area contributed by atoms with Crippen molar-refractivity contribution in [2.24, 2.45) is 0 Å². The number of amides is 1. The van der Waals surface area contributed by atoms with Crippen LogP contribution in [0.3, 0.4) is 0 Å². The molecule has 4 nitrogen and oxygen atoms in total. The lowest BCUT2D eigenvalue weighted by Crippen LogP contribution is -2.61.